The number of ether oxygens (including phenoxy) is 3. The first kappa shape index (κ1) is 45.3. The van der Waals surface area contributed by atoms with Crippen LogP contribution in [-0.4, -0.2) is 69.0 Å². The van der Waals surface area contributed by atoms with Gasteiger partial charge in [-0.15, -0.1) is 11.6 Å². The Labute approximate surface area is 324 Å². The predicted molar refractivity (Wildman–Crippen MR) is 197 cm³/mol. The van der Waals surface area contributed by atoms with Crippen molar-refractivity contribution in [2.24, 2.45) is 10.3 Å². The standard InChI is InChI=1S/C15H13FN4O2.C8H7N3O.C7H7ClFNO.C7H8FNO2/c1-10-5-11(7-17)6-12(20-10)8-19-22-9-13-14(21-2)3-4-18-15(13)16;1-6-2-7(4-9)3-8(11-6)5-10-12;1-11-6-2-3-10-7(9)5(6)4-8;1-11-6-2-3-9-7(8)5(6)4-10/h3-6,8H,9H2,1-2H3;2-3,5,12H,1H3;2-3H,4H2,1H3;2-3,10H,4H2,1H3/b19-8+;10-5+;;. The van der Waals surface area contributed by atoms with Gasteiger partial charge in [-0.05, 0) is 56.3 Å². The lowest BCUT2D eigenvalue weighted by Gasteiger charge is -2.07. The van der Waals surface area contributed by atoms with E-state index in [2.05, 4.69) is 35.2 Å². The summed E-state index contributed by atoms with van der Waals surface area (Å²) in [5.41, 5.74) is 3.95. The quantitative estimate of drug-likeness (QED) is 0.0537. The zero-order chi connectivity index (χ0) is 41.5. The van der Waals surface area contributed by atoms with Crippen LogP contribution < -0.4 is 14.2 Å². The normalized spacial score (nSPS) is 10.1. The summed E-state index contributed by atoms with van der Waals surface area (Å²) in [6.07, 6.45) is 6.47. The van der Waals surface area contributed by atoms with Crippen molar-refractivity contribution >= 4 is 24.0 Å². The van der Waals surface area contributed by atoms with Crippen LogP contribution in [0, 0.1) is 54.4 Å². The summed E-state index contributed by atoms with van der Waals surface area (Å²) in [6.45, 7) is 3.02. The fourth-order valence-electron chi connectivity index (χ4n) is 4.22. The van der Waals surface area contributed by atoms with Gasteiger partial charge in [0.1, 0.15) is 23.9 Å². The third-order valence-corrected chi connectivity index (χ3v) is 6.96. The second-order valence-corrected chi connectivity index (χ2v) is 10.7. The second-order valence-electron chi connectivity index (χ2n) is 10.5. The van der Waals surface area contributed by atoms with Crippen LogP contribution >= 0.6 is 11.6 Å². The molecular weight excluding hydrogens is 759 g/mol. The molecule has 5 heterocycles. The van der Waals surface area contributed by atoms with Crippen molar-refractivity contribution in [3.63, 3.8) is 0 Å². The highest BCUT2D eigenvalue weighted by Crippen LogP contribution is 2.22. The molecule has 0 aromatic carbocycles. The summed E-state index contributed by atoms with van der Waals surface area (Å²) in [6, 6.07) is 15.1. The van der Waals surface area contributed by atoms with Gasteiger partial charge < -0.3 is 29.4 Å². The number of halogens is 4. The molecule has 0 radical (unpaired) electrons. The number of aliphatic hydroxyl groups excluding tert-OH is 1. The van der Waals surface area contributed by atoms with Gasteiger partial charge in [0.15, 0.2) is 0 Å². The Balaban J connectivity index is 0.000000273. The smallest absolute Gasteiger partial charge is 0.223 e. The molecule has 0 amide bonds. The molecule has 56 heavy (non-hydrogen) atoms. The summed E-state index contributed by atoms with van der Waals surface area (Å²) in [4.78, 5) is 23.6. The highest BCUT2D eigenvalue weighted by atomic mass is 35.5. The van der Waals surface area contributed by atoms with Crippen molar-refractivity contribution < 1.29 is 42.5 Å². The highest BCUT2D eigenvalue weighted by Gasteiger charge is 2.11. The number of methoxy groups -OCH3 is 3. The van der Waals surface area contributed by atoms with Gasteiger partial charge in [0.25, 0.3) is 0 Å². The Morgan fingerprint density at radius 1 is 0.714 bits per heavy atom. The lowest BCUT2D eigenvalue weighted by Crippen LogP contribution is -2.00. The first-order chi connectivity index (χ1) is 27.0. The number of oxime groups is 2. The molecule has 5 aromatic heterocycles. The van der Waals surface area contributed by atoms with Gasteiger partial charge in [-0.3, -0.25) is 9.97 Å². The van der Waals surface area contributed by atoms with E-state index in [1.54, 1.807) is 44.2 Å². The lowest BCUT2D eigenvalue weighted by molar-refractivity contribution is 0.126. The summed E-state index contributed by atoms with van der Waals surface area (Å²) in [5.74, 6) is -0.764. The van der Waals surface area contributed by atoms with E-state index in [4.69, 9.17) is 51.5 Å². The average molecular weight is 794 g/mol. The molecule has 0 unspecified atom stereocenters. The number of alkyl halides is 1. The van der Waals surface area contributed by atoms with E-state index >= 15 is 0 Å². The van der Waals surface area contributed by atoms with Gasteiger partial charge in [0, 0.05) is 30.0 Å². The number of aromatic nitrogens is 5. The molecule has 15 nitrogen and oxygen atoms in total. The number of aryl methyl sites for hydroxylation is 2. The van der Waals surface area contributed by atoms with E-state index in [-0.39, 0.29) is 23.6 Å². The molecule has 19 heteroatoms. The molecule has 0 atom stereocenters. The van der Waals surface area contributed by atoms with Crippen LogP contribution in [-0.2, 0) is 23.9 Å². The molecule has 0 saturated heterocycles. The maximum Gasteiger partial charge on any atom is 0.223 e. The van der Waals surface area contributed by atoms with Crippen LogP contribution in [0.1, 0.15) is 50.6 Å². The van der Waals surface area contributed by atoms with Gasteiger partial charge in [0.2, 0.25) is 17.8 Å². The maximum atomic E-state index is 13.6. The molecule has 5 rings (SSSR count). The predicted octanol–water partition coefficient (Wildman–Crippen LogP) is 6.11. The van der Waals surface area contributed by atoms with Crippen LogP contribution in [0.2, 0.25) is 0 Å². The third-order valence-electron chi connectivity index (χ3n) is 6.70. The molecule has 0 aliphatic heterocycles. The molecular formula is C37H35ClF3N9O6. The lowest BCUT2D eigenvalue weighted by atomic mass is 10.2. The molecule has 292 valence electrons. The zero-order valence-corrected chi connectivity index (χ0v) is 31.4. The molecule has 0 aliphatic carbocycles. The van der Waals surface area contributed by atoms with Gasteiger partial charge >= 0.3 is 0 Å². The number of nitriles is 2. The Morgan fingerprint density at radius 3 is 1.54 bits per heavy atom. The van der Waals surface area contributed by atoms with Gasteiger partial charge in [-0.1, -0.05) is 10.3 Å². The van der Waals surface area contributed by atoms with E-state index in [0.717, 1.165) is 5.69 Å². The van der Waals surface area contributed by atoms with Gasteiger partial charge in [-0.25, -0.2) is 15.0 Å². The Hall–Kier alpha value is -6.89. The van der Waals surface area contributed by atoms with E-state index in [1.807, 2.05) is 12.1 Å². The Kier molecular flexibility index (Phi) is 19.7. The van der Waals surface area contributed by atoms with Crippen LogP contribution in [0.15, 0.2) is 71.4 Å². The maximum absolute atomic E-state index is 13.6. The van der Waals surface area contributed by atoms with Crippen molar-refractivity contribution in [1.82, 2.24) is 24.9 Å². The van der Waals surface area contributed by atoms with E-state index < -0.39 is 24.4 Å². The van der Waals surface area contributed by atoms with Gasteiger partial charge in [0.05, 0.1) is 97.6 Å². The molecule has 5 aromatic rings. The largest absolute Gasteiger partial charge is 0.496 e. The number of nitrogens with zero attached hydrogens (tertiary/aromatic N) is 9. The monoisotopic (exact) mass is 793 g/mol. The fourth-order valence-corrected chi connectivity index (χ4v) is 4.46. The molecule has 0 fully saturated rings. The van der Waals surface area contributed by atoms with Crippen molar-refractivity contribution in [1.29, 1.82) is 10.5 Å². The van der Waals surface area contributed by atoms with Crippen molar-refractivity contribution in [3.05, 3.63) is 129 Å². The van der Waals surface area contributed by atoms with Crippen molar-refractivity contribution in [2.75, 3.05) is 21.3 Å². The summed E-state index contributed by atoms with van der Waals surface area (Å²) in [5, 5.41) is 40.9. The summed E-state index contributed by atoms with van der Waals surface area (Å²) in [7, 11) is 4.31. The molecule has 2 N–H and O–H groups in total. The SMILES string of the molecule is COc1ccnc(F)c1CCl.COc1ccnc(F)c1CO.COc1ccnc(F)c1CO/N=C/c1cc(C#N)cc(C)n1.Cc1cc(C#N)cc(/C=N/O)n1. The number of rotatable bonds is 10. The number of hydrogen-bond donors (Lipinski definition) is 2. The third kappa shape index (κ3) is 14.5. The second kappa shape index (κ2) is 24.4. The molecule has 0 spiro atoms. The van der Waals surface area contributed by atoms with Crippen LogP contribution in [0.4, 0.5) is 13.2 Å². The minimum atomic E-state index is -0.688. The Bertz CT molecular complexity index is 2130. The first-order valence-corrected chi connectivity index (χ1v) is 16.3. The minimum absolute atomic E-state index is 0.0723. The van der Waals surface area contributed by atoms with Crippen molar-refractivity contribution in [2.45, 2.75) is 32.9 Å². The van der Waals surface area contributed by atoms with Gasteiger partial charge in [-0.2, -0.15) is 23.7 Å². The minimum Gasteiger partial charge on any atom is -0.496 e. The highest BCUT2D eigenvalue weighted by molar-refractivity contribution is 6.17. The molecule has 0 aliphatic rings. The fraction of sp³-hybridized carbons (Fsp3) is 0.216. The number of pyridine rings is 5. The summed E-state index contributed by atoms with van der Waals surface area (Å²) < 4.78 is 53.7. The average Bonchev–Trinajstić information content (AvgIpc) is 3.20. The first-order valence-electron chi connectivity index (χ1n) is 15.8. The van der Waals surface area contributed by atoms with Crippen LogP contribution in [0.3, 0.4) is 0 Å². The van der Waals surface area contributed by atoms with Crippen LogP contribution in [0.5, 0.6) is 17.2 Å². The summed E-state index contributed by atoms with van der Waals surface area (Å²) >= 11 is 5.46. The number of aliphatic hydroxyl groups is 1. The Morgan fingerprint density at radius 2 is 1.14 bits per heavy atom. The van der Waals surface area contributed by atoms with E-state index in [0.29, 0.717) is 51.0 Å². The molecule has 0 saturated carbocycles. The number of hydrogen-bond acceptors (Lipinski definition) is 15. The topological polar surface area (TPSA) is 214 Å². The van der Waals surface area contributed by atoms with E-state index in [1.165, 1.54) is 64.5 Å². The van der Waals surface area contributed by atoms with Crippen LogP contribution in [0.25, 0.3) is 0 Å². The zero-order valence-electron chi connectivity index (χ0n) is 30.6. The van der Waals surface area contributed by atoms with E-state index in [9.17, 15) is 13.2 Å². The van der Waals surface area contributed by atoms with Crippen molar-refractivity contribution in [3.8, 4) is 29.4 Å². The molecule has 0 bridgehead atoms.